The fraction of sp³-hybridized carbons (Fsp3) is 0.429. The predicted molar refractivity (Wildman–Crippen MR) is 69.9 cm³/mol. The molecule has 0 amide bonds. The molecular formula is C14H18N2O. The summed E-state index contributed by atoms with van der Waals surface area (Å²) in [5.41, 5.74) is 8.04. The second kappa shape index (κ2) is 4.41. The van der Waals surface area contributed by atoms with Crippen LogP contribution in [0.3, 0.4) is 0 Å². The van der Waals surface area contributed by atoms with Crippen molar-refractivity contribution in [3.63, 3.8) is 0 Å². The summed E-state index contributed by atoms with van der Waals surface area (Å²) in [6.45, 7) is 1.82. The Hall–Kier alpha value is -1.48. The summed E-state index contributed by atoms with van der Waals surface area (Å²) in [5.74, 6) is 0. The predicted octanol–water partition coefficient (Wildman–Crippen LogP) is 2.79. The maximum Gasteiger partial charge on any atom is 0.0754 e. The van der Waals surface area contributed by atoms with Crippen LogP contribution in [-0.4, -0.2) is 17.3 Å². The van der Waals surface area contributed by atoms with Gasteiger partial charge in [-0.15, -0.1) is 0 Å². The molecule has 0 aliphatic carbocycles. The molecule has 17 heavy (non-hydrogen) atoms. The number of fused-ring (bicyclic) bond motifs is 1. The van der Waals surface area contributed by atoms with Gasteiger partial charge in [-0.05, 0) is 31.4 Å². The molecule has 1 aliphatic heterocycles. The average Bonchev–Trinajstić information content (AvgIpc) is 2.75. The molecule has 1 atom stereocenters. The van der Waals surface area contributed by atoms with Gasteiger partial charge in [-0.1, -0.05) is 12.1 Å². The summed E-state index contributed by atoms with van der Waals surface area (Å²) in [7, 11) is 0. The minimum Gasteiger partial charge on any atom is -0.397 e. The maximum atomic E-state index is 6.04. The van der Waals surface area contributed by atoms with Crippen LogP contribution in [0.15, 0.2) is 30.5 Å². The molecule has 2 heterocycles. The van der Waals surface area contributed by atoms with Crippen LogP contribution in [0.4, 0.5) is 5.69 Å². The molecule has 0 saturated carbocycles. The summed E-state index contributed by atoms with van der Waals surface area (Å²) in [5, 5.41) is 1.21. The van der Waals surface area contributed by atoms with Crippen molar-refractivity contribution in [1.29, 1.82) is 0 Å². The average molecular weight is 230 g/mol. The third kappa shape index (κ3) is 2.03. The quantitative estimate of drug-likeness (QED) is 0.806. The molecule has 3 rings (SSSR count). The zero-order valence-corrected chi connectivity index (χ0v) is 9.93. The lowest BCUT2D eigenvalue weighted by Crippen LogP contribution is -2.24. The van der Waals surface area contributed by atoms with Crippen molar-refractivity contribution in [1.82, 2.24) is 4.57 Å². The number of rotatable bonds is 2. The van der Waals surface area contributed by atoms with E-state index >= 15 is 0 Å². The number of nitrogens with two attached hydrogens (primary N) is 1. The monoisotopic (exact) mass is 230 g/mol. The van der Waals surface area contributed by atoms with Crippen LogP contribution >= 0.6 is 0 Å². The van der Waals surface area contributed by atoms with Gasteiger partial charge >= 0.3 is 0 Å². The van der Waals surface area contributed by atoms with Gasteiger partial charge in [-0.25, -0.2) is 0 Å². The van der Waals surface area contributed by atoms with Crippen molar-refractivity contribution in [2.75, 3.05) is 12.3 Å². The molecule has 1 aromatic heterocycles. The highest BCUT2D eigenvalue weighted by Crippen LogP contribution is 2.24. The first-order chi connectivity index (χ1) is 8.34. The highest BCUT2D eigenvalue weighted by molar-refractivity contribution is 5.90. The number of benzene rings is 1. The third-order valence-electron chi connectivity index (χ3n) is 3.49. The van der Waals surface area contributed by atoms with E-state index in [0.717, 1.165) is 30.8 Å². The van der Waals surface area contributed by atoms with Crippen LogP contribution in [0.1, 0.15) is 19.3 Å². The van der Waals surface area contributed by atoms with Gasteiger partial charge in [0.1, 0.15) is 0 Å². The molecule has 1 aromatic carbocycles. The van der Waals surface area contributed by atoms with E-state index < -0.39 is 0 Å². The van der Waals surface area contributed by atoms with Crippen LogP contribution in [0.2, 0.25) is 0 Å². The lowest BCUT2D eigenvalue weighted by molar-refractivity contribution is 0.00671. The Morgan fingerprint density at radius 2 is 2.24 bits per heavy atom. The maximum absolute atomic E-state index is 6.04. The van der Waals surface area contributed by atoms with E-state index in [1.807, 2.05) is 12.1 Å². The van der Waals surface area contributed by atoms with E-state index in [-0.39, 0.29) is 0 Å². The van der Waals surface area contributed by atoms with Crippen LogP contribution < -0.4 is 5.73 Å². The van der Waals surface area contributed by atoms with E-state index in [2.05, 4.69) is 22.9 Å². The van der Waals surface area contributed by atoms with Crippen molar-refractivity contribution in [2.45, 2.75) is 31.9 Å². The lowest BCUT2D eigenvalue weighted by Gasteiger charge is -2.23. The summed E-state index contributed by atoms with van der Waals surface area (Å²) in [6.07, 6.45) is 6.09. The molecule has 2 aromatic rings. The molecule has 3 heteroatoms. The number of hydrogen-bond donors (Lipinski definition) is 1. The Morgan fingerprint density at radius 3 is 3.06 bits per heavy atom. The van der Waals surface area contributed by atoms with E-state index in [1.54, 1.807) is 0 Å². The smallest absolute Gasteiger partial charge is 0.0754 e. The van der Waals surface area contributed by atoms with Gasteiger partial charge in [0.25, 0.3) is 0 Å². The minimum atomic E-state index is 0.346. The van der Waals surface area contributed by atoms with Gasteiger partial charge in [-0.3, -0.25) is 0 Å². The number of nitrogen functional groups attached to an aromatic ring is 1. The van der Waals surface area contributed by atoms with Crippen LogP contribution in [-0.2, 0) is 11.3 Å². The number of nitrogens with zero attached hydrogens (tertiary/aromatic N) is 1. The fourth-order valence-electron chi connectivity index (χ4n) is 2.61. The first kappa shape index (κ1) is 10.7. The number of ether oxygens (including phenoxy) is 1. The number of aromatic nitrogens is 1. The van der Waals surface area contributed by atoms with E-state index in [9.17, 15) is 0 Å². The van der Waals surface area contributed by atoms with Gasteiger partial charge in [0.2, 0.25) is 0 Å². The van der Waals surface area contributed by atoms with Crippen LogP contribution in [0.25, 0.3) is 10.9 Å². The van der Waals surface area contributed by atoms with E-state index in [1.165, 1.54) is 18.2 Å². The van der Waals surface area contributed by atoms with E-state index in [0.29, 0.717) is 6.10 Å². The van der Waals surface area contributed by atoms with Gasteiger partial charge in [0.05, 0.1) is 17.3 Å². The highest BCUT2D eigenvalue weighted by atomic mass is 16.5. The molecule has 0 radical (unpaired) electrons. The second-order valence-corrected chi connectivity index (χ2v) is 4.74. The zero-order valence-electron chi connectivity index (χ0n) is 9.93. The van der Waals surface area contributed by atoms with Crippen LogP contribution in [0.5, 0.6) is 0 Å². The number of anilines is 1. The molecule has 0 bridgehead atoms. The SMILES string of the molecule is Nc1cccc2ccn(CC3CCCCO3)c12. The lowest BCUT2D eigenvalue weighted by atomic mass is 10.1. The number of hydrogen-bond acceptors (Lipinski definition) is 2. The van der Waals surface area contributed by atoms with Gasteiger partial charge < -0.3 is 15.0 Å². The summed E-state index contributed by atoms with van der Waals surface area (Å²) in [6, 6.07) is 8.18. The van der Waals surface area contributed by atoms with Gasteiger partial charge in [0, 0.05) is 24.7 Å². The van der Waals surface area contributed by atoms with Crippen molar-refractivity contribution in [3.8, 4) is 0 Å². The van der Waals surface area contributed by atoms with Crippen LogP contribution in [0, 0.1) is 0 Å². The molecule has 3 nitrogen and oxygen atoms in total. The second-order valence-electron chi connectivity index (χ2n) is 4.74. The number of para-hydroxylation sites is 1. The van der Waals surface area contributed by atoms with Gasteiger partial charge in [0.15, 0.2) is 0 Å². The molecule has 2 N–H and O–H groups in total. The van der Waals surface area contributed by atoms with Gasteiger partial charge in [-0.2, -0.15) is 0 Å². The summed E-state index contributed by atoms with van der Waals surface area (Å²) >= 11 is 0. The molecule has 1 unspecified atom stereocenters. The van der Waals surface area contributed by atoms with Crippen molar-refractivity contribution in [2.24, 2.45) is 0 Å². The molecule has 1 saturated heterocycles. The third-order valence-corrected chi connectivity index (χ3v) is 3.49. The normalized spacial score (nSPS) is 20.8. The Labute approximate surface area is 101 Å². The Morgan fingerprint density at radius 1 is 1.29 bits per heavy atom. The van der Waals surface area contributed by atoms with Crippen molar-refractivity contribution in [3.05, 3.63) is 30.5 Å². The molecule has 90 valence electrons. The largest absolute Gasteiger partial charge is 0.397 e. The standard InChI is InChI=1S/C14H18N2O/c15-13-6-3-4-11-7-8-16(14(11)13)10-12-5-1-2-9-17-12/h3-4,6-8,12H,1-2,5,9-10,15H2. The molecule has 0 spiro atoms. The Balaban J connectivity index is 1.89. The van der Waals surface area contributed by atoms with E-state index in [4.69, 9.17) is 10.5 Å². The molecule has 1 aliphatic rings. The fourth-order valence-corrected chi connectivity index (χ4v) is 2.61. The molecular weight excluding hydrogens is 212 g/mol. The van der Waals surface area contributed by atoms with Crippen molar-refractivity contribution >= 4 is 16.6 Å². The highest BCUT2D eigenvalue weighted by Gasteiger charge is 2.15. The molecule has 1 fully saturated rings. The summed E-state index contributed by atoms with van der Waals surface area (Å²) in [4.78, 5) is 0. The minimum absolute atomic E-state index is 0.346. The first-order valence-electron chi connectivity index (χ1n) is 6.29. The topological polar surface area (TPSA) is 40.2 Å². The van der Waals surface area contributed by atoms with Crippen molar-refractivity contribution < 1.29 is 4.74 Å². The Bertz CT molecular complexity index is 512. The zero-order chi connectivity index (χ0) is 11.7. The Kier molecular flexibility index (Phi) is 2.77. The summed E-state index contributed by atoms with van der Waals surface area (Å²) < 4.78 is 8.00. The first-order valence-corrected chi connectivity index (χ1v) is 6.29.